The highest BCUT2D eigenvalue weighted by atomic mass is 35.5. The van der Waals surface area contributed by atoms with Crippen molar-refractivity contribution in [2.45, 2.75) is 13.8 Å². The molecule has 0 saturated carbocycles. The van der Waals surface area contributed by atoms with Gasteiger partial charge in [0.05, 0.1) is 19.0 Å². The highest BCUT2D eigenvalue weighted by molar-refractivity contribution is 7.17. The van der Waals surface area contributed by atoms with Crippen LogP contribution in [0.5, 0.6) is 0 Å². The van der Waals surface area contributed by atoms with E-state index in [0.29, 0.717) is 31.9 Å². The maximum atomic E-state index is 12.6. The fourth-order valence-corrected chi connectivity index (χ4v) is 4.18. The number of aromatic nitrogens is 2. The summed E-state index contributed by atoms with van der Waals surface area (Å²) in [6.45, 7) is 3.60. The quantitative estimate of drug-likeness (QED) is 0.571. The van der Waals surface area contributed by atoms with E-state index in [1.165, 1.54) is 30.8 Å². The second kappa shape index (κ2) is 8.26. The molecule has 2 aromatic heterocycles. The summed E-state index contributed by atoms with van der Waals surface area (Å²) in [5, 5.41) is 3.94. The van der Waals surface area contributed by atoms with Gasteiger partial charge in [0.2, 0.25) is 0 Å². The summed E-state index contributed by atoms with van der Waals surface area (Å²) in [4.78, 5) is 34.0. The predicted octanol–water partition coefficient (Wildman–Crippen LogP) is 5.17. The number of methoxy groups -OCH3 is 1. The third kappa shape index (κ3) is 4.01. The molecule has 1 aromatic carbocycles. The van der Waals surface area contributed by atoms with Gasteiger partial charge in [-0.3, -0.25) is 9.78 Å². The molecule has 144 valence electrons. The maximum absolute atomic E-state index is 12.6. The highest BCUT2D eigenvalue weighted by Crippen LogP contribution is 2.43. The molecule has 1 amide bonds. The van der Waals surface area contributed by atoms with E-state index in [1.54, 1.807) is 25.1 Å². The van der Waals surface area contributed by atoms with Crippen molar-refractivity contribution in [3.8, 4) is 11.1 Å². The third-order valence-corrected chi connectivity index (χ3v) is 5.48. The van der Waals surface area contributed by atoms with E-state index < -0.39 is 11.9 Å². The molecule has 0 aliphatic carbocycles. The molecule has 3 rings (SSSR count). The van der Waals surface area contributed by atoms with Gasteiger partial charge in [-0.05, 0) is 26.0 Å². The van der Waals surface area contributed by atoms with E-state index in [9.17, 15) is 9.59 Å². The van der Waals surface area contributed by atoms with Crippen LogP contribution in [0.25, 0.3) is 11.1 Å². The second-order valence-corrected chi connectivity index (χ2v) is 7.92. The molecular formula is C19H15Cl2N3O3S. The Labute approximate surface area is 175 Å². The number of hydrogen-bond donors (Lipinski definition) is 1. The van der Waals surface area contributed by atoms with Crippen LogP contribution in [0.15, 0.2) is 30.6 Å². The molecule has 6 nitrogen and oxygen atoms in total. The van der Waals surface area contributed by atoms with Crippen LogP contribution in [-0.2, 0) is 4.74 Å². The van der Waals surface area contributed by atoms with Crippen molar-refractivity contribution >= 4 is 51.4 Å². The molecule has 0 bridgehead atoms. The lowest BCUT2D eigenvalue weighted by molar-refractivity contribution is 0.0603. The minimum atomic E-state index is -0.587. The number of carbonyl (C=O) groups is 2. The number of esters is 1. The number of halogens is 2. The molecule has 9 heteroatoms. The van der Waals surface area contributed by atoms with Crippen molar-refractivity contribution < 1.29 is 14.3 Å². The zero-order chi connectivity index (χ0) is 20.4. The lowest BCUT2D eigenvalue weighted by atomic mass is 10.0. The number of carbonyl (C=O) groups excluding carboxylic acids is 2. The number of amides is 1. The van der Waals surface area contributed by atoms with Gasteiger partial charge in [0.25, 0.3) is 5.91 Å². The number of benzene rings is 1. The molecule has 0 aliphatic heterocycles. The minimum Gasteiger partial charge on any atom is -0.465 e. The number of anilines is 1. The summed E-state index contributed by atoms with van der Waals surface area (Å²) < 4.78 is 4.94. The van der Waals surface area contributed by atoms with Crippen molar-refractivity contribution in [1.82, 2.24) is 9.97 Å². The number of hydrogen-bond acceptors (Lipinski definition) is 6. The molecule has 1 N–H and O–H groups in total. The van der Waals surface area contributed by atoms with Crippen LogP contribution in [-0.4, -0.2) is 29.0 Å². The predicted molar refractivity (Wildman–Crippen MR) is 111 cm³/mol. The van der Waals surface area contributed by atoms with Crippen molar-refractivity contribution in [2.75, 3.05) is 12.4 Å². The molecular weight excluding hydrogens is 421 g/mol. The van der Waals surface area contributed by atoms with Crippen LogP contribution >= 0.6 is 34.5 Å². The third-order valence-electron chi connectivity index (χ3n) is 3.91. The number of rotatable bonds is 4. The van der Waals surface area contributed by atoms with E-state index in [1.807, 2.05) is 6.92 Å². The van der Waals surface area contributed by atoms with E-state index in [2.05, 4.69) is 15.3 Å². The first-order chi connectivity index (χ1) is 13.3. The van der Waals surface area contributed by atoms with Gasteiger partial charge in [-0.25, -0.2) is 9.78 Å². The van der Waals surface area contributed by atoms with E-state index >= 15 is 0 Å². The molecule has 0 radical (unpaired) electrons. The Hall–Kier alpha value is -2.48. The molecule has 0 fully saturated rings. The standard InChI is InChI=1S/C19H15Cl2N3O3S/c1-9-7-23-14(8-22-9)17(25)24-18-16(19(26)27-3)15(10(2)28-18)12-5-4-11(20)6-13(12)21/h4-8H,1-3H3,(H,24,25). The summed E-state index contributed by atoms with van der Waals surface area (Å²) >= 11 is 13.6. The smallest absolute Gasteiger partial charge is 0.341 e. The average molecular weight is 436 g/mol. The number of nitrogens with one attached hydrogen (secondary N) is 1. The Kier molecular flexibility index (Phi) is 5.98. The molecule has 2 heterocycles. The largest absolute Gasteiger partial charge is 0.465 e. The van der Waals surface area contributed by atoms with Crippen LogP contribution in [0.4, 0.5) is 5.00 Å². The molecule has 0 aliphatic rings. The van der Waals surface area contributed by atoms with Gasteiger partial charge in [-0.1, -0.05) is 29.3 Å². The summed E-state index contributed by atoms with van der Waals surface area (Å²) in [6, 6.07) is 5.00. The Balaban J connectivity index is 2.08. The summed E-state index contributed by atoms with van der Waals surface area (Å²) in [5.74, 6) is -1.07. The second-order valence-electron chi connectivity index (χ2n) is 5.85. The van der Waals surface area contributed by atoms with Gasteiger partial charge in [0.15, 0.2) is 0 Å². The molecule has 3 aromatic rings. The topological polar surface area (TPSA) is 81.2 Å². The van der Waals surface area contributed by atoms with Crippen LogP contribution < -0.4 is 5.32 Å². The Morgan fingerprint density at radius 3 is 2.50 bits per heavy atom. The maximum Gasteiger partial charge on any atom is 0.341 e. The number of thiophene rings is 1. The van der Waals surface area contributed by atoms with Crippen molar-refractivity contribution in [3.05, 3.63) is 62.5 Å². The van der Waals surface area contributed by atoms with Crippen LogP contribution in [0.3, 0.4) is 0 Å². The molecule has 0 spiro atoms. The van der Waals surface area contributed by atoms with Crippen molar-refractivity contribution in [3.63, 3.8) is 0 Å². The SMILES string of the molecule is COC(=O)c1c(NC(=O)c2cnc(C)cn2)sc(C)c1-c1ccc(Cl)cc1Cl. The Morgan fingerprint density at radius 2 is 1.89 bits per heavy atom. The van der Waals surface area contributed by atoms with Crippen molar-refractivity contribution in [1.29, 1.82) is 0 Å². The van der Waals surface area contributed by atoms with E-state index in [4.69, 9.17) is 27.9 Å². The van der Waals surface area contributed by atoms with Gasteiger partial charge >= 0.3 is 5.97 Å². The lowest BCUT2D eigenvalue weighted by Crippen LogP contribution is -2.16. The van der Waals surface area contributed by atoms with Gasteiger partial charge in [0, 0.05) is 32.2 Å². The van der Waals surface area contributed by atoms with E-state index in [-0.39, 0.29) is 11.3 Å². The summed E-state index contributed by atoms with van der Waals surface area (Å²) in [6.07, 6.45) is 2.87. The number of aryl methyl sites for hydroxylation is 2. The first-order valence-corrected chi connectivity index (χ1v) is 9.66. The monoisotopic (exact) mass is 435 g/mol. The van der Waals surface area contributed by atoms with Crippen LogP contribution in [0.1, 0.15) is 31.4 Å². The highest BCUT2D eigenvalue weighted by Gasteiger charge is 2.26. The number of nitrogens with zero attached hydrogens (tertiary/aromatic N) is 2. The average Bonchev–Trinajstić information content (AvgIpc) is 2.97. The minimum absolute atomic E-state index is 0.138. The Morgan fingerprint density at radius 1 is 1.14 bits per heavy atom. The zero-order valence-electron chi connectivity index (χ0n) is 15.2. The molecule has 0 unspecified atom stereocenters. The van der Waals surface area contributed by atoms with E-state index in [0.717, 1.165) is 4.88 Å². The van der Waals surface area contributed by atoms with Crippen molar-refractivity contribution in [2.24, 2.45) is 0 Å². The summed E-state index contributed by atoms with van der Waals surface area (Å²) in [7, 11) is 1.28. The first-order valence-electron chi connectivity index (χ1n) is 8.09. The molecule has 28 heavy (non-hydrogen) atoms. The Bertz CT molecular complexity index is 1070. The lowest BCUT2D eigenvalue weighted by Gasteiger charge is -2.09. The molecule has 0 atom stereocenters. The fourth-order valence-electron chi connectivity index (χ4n) is 2.62. The van der Waals surface area contributed by atoms with Gasteiger partial charge in [-0.2, -0.15) is 0 Å². The molecule has 0 saturated heterocycles. The van der Waals surface area contributed by atoms with Gasteiger partial charge in [-0.15, -0.1) is 11.3 Å². The van der Waals surface area contributed by atoms with Crippen LogP contribution in [0, 0.1) is 13.8 Å². The summed E-state index contributed by atoms with van der Waals surface area (Å²) in [5.41, 5.74) is 2.26. The number of ether oxygens (including phenoxy) is 1. The normalized spacial score (nSPS) is 10.6. The van der Waals surface area contributed by atoms with Gasteiger partial charge in [0.1, 0.15) is 16.3 Å². The van der Waals surface area contributed by atoms with Gasteiger partial charge < -0.3 is 10.1 Å². The first kappa shape index (κ1) is 20.3. The zero-order valence-corrected chi connectivity index (χ0v) is 17.5. The fraction of sp³-hybridized carbons (Fsp3) is 0.158. The van der Waals surface area contributed by atoms with Crippen LogP contribution in [0.2, 0.25) is 10.0 Å².